The summed E-state index contributed by atoms with van der Waals surface area (Å²) in [6.45, 7) is 5.83. The molecule has 1 N–H and O–H groups in total. The summed E-state index contributed by atoms with van der Waals surface area (Å²) in [4.78, 5) is 4.62. The number of hydrogen-bond donors (Lipinski definition) is 1. The molecule has 5 nitrogen and oxygen atoms in total. The minimum atomic E-state index is 0.0613. The van der Waals surface area contributed by atoms with E-state index in [0.29, 0.717) is 22.5 Å². The highest BCUT2D eigenvalue weighted by atomic mass is 35.5. The third-order valence-corrected chi connectivity index (χ3v) is 4.87. The number of halogens is 1. The van der Waals surface area contributed by atoms with Crippen LogP contribution in [0.1, 0.15) is 31.4 Å². The van der Waals surface area contributed by atoms with Gasteiger partial charge in [0.25, 0.3) is 5.89 Å². The Hall–Kier alpha value is -2.37. The Morgan fingerprint density at radius 3 is 2.93 bits per heavy atom. The predicted molar refractivity (Wildman–Crippen MR) is 106 cm³/mol. The van der Waals surface area contributed by atoms with Crippen molar-refractivity contribution in [3.63, 3.8) is 0 Å². The van der Waals surface area contributed by atoms with E-state index in [4.69, 9.17) is 20.9 Å². The van der Waals surface area contributed by atoms with Crippen molar-refractivity contribution in [1.82, 2.24) is 15.5 Å². The molecule has 0 unspecified atom stereocenters. The van der Waals surface area contributed by atoms with Crippen LogP contribution in [0.3, 0.4) is 0 Å². The van der Waals surface area contributed by atoms with E-state index in [-0.39, 0.29) is 6.10 Å². The van der Waals surface area contributed by atoms with Crippen LogP contribution >= 0.6 is 11.6 Å². The zero-order valence-corrected chi connectivity index (χ0v) is 16.2. The van der Waals surface area contributed by atoms with Crippen molar-refractivity contribution in [1.29, 1.82) is 0 Å². The monoisotopic (exact) mass is 383 g/mol. The molecule has 3 aromatic rings. The molecule has 0 bridgehead atoms. The molecule has 1 aromatic heterocycles. The molecule has 27 heavy (non-hydrogen) atoms. The molecule has 0 spiro atoms. The van der Waals surface area contributed by atoms with E-state index in [2.05, 4.69) is 27.6 Å². The number of benzene rings is 2. The summed E-state index contributed by atoms with van der Waals surface area (Å²) < 4.78 is 11.2. The molecule has 0 aliphatic carbocycles. The molecule has 0 saturated heterocycles. The van der Waals surface area contributed by atoms with Crippen molar-refractivity contribution >= 4 is 11.6 Å². The molecule has 0 radical (unpaired) electrons. The first-order valence-corrected chi connectivity index (χ1v) is 9.62. The van der Waals surface area contributed by atoms with Crippen LogP contribution in [0.5, 0.6) is 5.75 Å². The second kappa shape index (κ2) is 7.71. The van der Waals surface area contributed by atoms with Crippen molar-refractivity contribution < 1.29 is 9.26 Å². The summed E-state index contributed by atoms with van der Waals surface area (Å²) >= 11 is 6.34. The van der Waals surface area contributed by atoms with Gasteiger partial charge >= 0.3 is 0 Å². The minimum absolute atomic E-state index is 0.0613. The lowest BCUT2D eigenvalue weighted by atomic mass is 9.97. The lowest BCUT2D eigenvalue weighted by Gasteiger charge is -2.11. The number of nitrogens with zero attached hydrogens (tertiary/aromatic N) is 2. The zero-order valence-electron chi connectivity index (χ0n) is 15.5. The van der Waals surface area contributed by atoms with Crippen LogP contribution in [0, 0.1) is 0 Å². The van der Waals surface area contributed by atoms with Gasteiger partial charge in [0, 0.05) is 17.7 Å². The van der Waals surface area contributed by atoms with Gasteiger partial charge in [-0.2, -0.15) is 4.98 Å². The maximum absolute atomic E-state index is 6.34. The first-order valence-electron chi connectivity index (χ1n) is 9.24. The molecular weight excluding hydrogens is 362 g/mol. The Balaban J connectivity index is 1.66. The molecule has 1 aliphatic heterocycles. The molecule has 1 aliphatic rings. The van der Waals surface area contributed by atoms with E-state index < -0.39 is 0 Å². The molecule has 0 atom stereocenters. The second-order valence-electron chi connectivity index (χ2n) is 6.96. The molecule has 0 fully saturated rings. The average molecular weight is 384 g/mol. The second-order valence-corrected chi connectivity index (χ2v) is 7.37. The predicted octanol–water partition coefficient (Wildman–Crippen LogP) is 4.88. The van der Waals surface area contributed by atoms with Crippen LogP contribution in [-0.4, -0.2) is 22.8 Å². The normalized spacial score (nSPS) is 14.1. The lowest BCUT2D eigenvalue weighted by Crippen LogP contribution is -2.11. The van der Waals surface area contributed by atoms with Crippen LogP contribution in [0.15, 0.2) is 40.9 Å². The summed E-state index contributed by atoms with van der Waals surface area (Å²) in [5.74, 6) is 1.71. The summed E-state index contributed by atoms with van der Waals surface area (Å²) in [6.07, 6.45) is 2.17. The first-order chi connectivity index (χ1) is 13.1. The first kappa shape index (κ1) is 18.0. The van der Waals surface area contributed by atoms with E-state index in [9.17, 15) is 0 Å². The molecule has 4 rings (SSSR count). The van der Waals surface area contributed by atoms with Gasteiger partial charge in [-0.1, -0.05) is 35.0 Å². The largest absolute Gasteiger partial charge is 0.489 e. The number of hydrogen-bond acceptors (Lipinski definition) is 5. The Labute approximate surface area is 163 Å². The van der Waals surface area contributed by atoms with Crippen molar-refractivity contribution in [3.05, 3.63) is 52.5 Å². The van der Waals surface area contributed by atoms with Crippen LogP contribution < -0.4 is 10.1 Å². The van der Waals surface area contributed by atoms with E-state index in [0.717, 1.165) is 37.1 Å². The SMILES string of the molecule is CC(C)Oc1ccc(-c2nc(-c3cccc4c3CCCNC4)no2)cc1Cl. The Morgan fingerprint density at radius 1 is 1.22 bits per heavy atom. The fourth-order valence-electron chi connectivity index (χ4n) is 3.35. The van der Waals surface area contributed by atoms with Crippen LogP contribution in [0.25, 0.3) is 22.8 Å². The highest BCUT2D eigenvalue weighted by molar-refractivity contribution is 6.32. The topological polar surface area (TPSA) is 60.2 Å². The summed E-state index contributed by atoms with van der Waals surface area (Å²) in [5, 5.41) is 8.20. The van der Waals surface area contributed by atoms with Gasteiger partial charge in [0.2, 0.25) is 5.82 Å². The van der Waals surface area contributed by atoms with Gasteiger partial charge in [-0.15, -0.1) is 0 Å². The fraction of sp³-hybridized carbons (Fsp3) is 0.333. The lowest BCUT2D eigenvalue weighted by molar-refractivity contribution is 0.242. The van der Waals surface area contributed by atoms with Gasteiger partial charge in [-0.3, -0.25) is 0 Å². The van der Waals surface area contributed by atoms with Crippen molar-refractivity contribution in [2.24, 2.45) is 0 Å². The van der Waals surface area contributed by atoms with E-state index in [1.165, 1.54) is 11.1 Å². The fourth-order valence-corrected chi connectivity index (χ4v) is 3.58. The Morgan fingerprint density at radius 2 is 2.11 bits per heavy atom. The van der Waals surface area contributed by atoms with Crippen LogP contribution in [0.4, 0.5) is 0 Å². The Bertz CT molecular complexity index is 952. The average Bonchev–Trinajstić information content (AvgIpc) is 3.01. The quantitative estimate of drug-likeness (QED) is 0.695. The van der Waals surface area contributed by atoms with E-state index >= 15 is 0 Å². The maximum Gasteiger partial charge on any atom is 0.258 e. The van der Waals surface area contributed by atoms with Crippen LogP contribution in [-0.2, 0) is 13.0 Å². The summed E-state index contributed by atoms with van der Waals surface area (Å²) in [6, 6.07) is 11.8. The van der Waals surface area contributed by atoms with Gasteiger partial charge in [0.1, 0.15) is 5.75 Å². The maximum atomic E-state index is 6.34. The van der Waals surface area contributed by atoms with Crippen molar-refractivity contribution in [3.8, 4) is 28.6 Å². The van der Waals surface area contributed by atoms with Gasteiger partial charge < -0.3 is 14.6 Å². The number of aromatic nitrogens is 2. The summed E-state index contributed by atoms with van der Waals surface area (Å²) in [7, 11) is 0. The number of nitrogens with one attached hydrogen (secondary N) is 1. The van der Waals surface area contributed by atoms with E-state index in [1.54, 1.807) is 6.07 Å². The molecule has 0 amide bonds. The molecule has 0 saturated carbocycles. The van der Waals surface area contributed by atoms with Crippen LogP contribution in [0.2, 0.25) is 5.02 Å². The standard InChI is InChI=1S/C21H22ClN3O2/c1-13(2)26-19-9-8-14(11-18(19)22)21-24-20(25-27-21)17-6-3-5-15-12-23-10-4-7-16(15)17/h3,5-6,8-9,11,13,23H,4,7,10,12H2,1-2H3. The number of ether oxygens (including phenoxy) is 1. The minimum Gasteiger partial charge on any atom is -0.489 e. The molecule has 140 valence electrons. The molecule has 6 heteroatoms. The zero-order chi connectivity index (χ0) is 18.8. The molecule has 2 aromatic carbocycles. The van der Waals surface area contributed by atoms with Crippen molar-refractivity contribution in [2.45, 2.75) is 39.3 Å². The van der Waals surface area contributed by atoms with Gasteiger partial charge in [0.05, 0.1) is 11.1 Å². The van der Waals surface area contributed by atoms with Gasteiger partial charge in [0.15, 0.2) is 0 Å². The number of fused-ring (bicyclic) bond motifs is 1. The smallest absolute Gasteiger partial charge is 0.258 e. The summed E-state index contributed by atoms with van der Waals surface area (Å²) in [5.41, 5.74) is 4.42. The van der Waals surface area contributed by atoms with Gasteiger partial charge in [-0.05, 0) is 62.6 Å². The number of rotatable bonds is 4. The van der Waals surface area contributed by atoms with Gasteiger partial charge in [-0.25, -0.2) is 0 Å². The molecule has 2 heterocycles. The highest BCUT2D eigenvalue weighted by Gasteiger charge is 2.18. The Kier molecular flexibility index (Phi) is 5.14. The third-order valence-electron chi connectivity index (χ3n) is 4.58. The molecular formula is C21H22ClN3O2. The third kappa shape index (κ3) is 3.84. The van der Waals surface area contributed by atoms with Crippen molar-refractivity contribution in [2.75, 3.05) is 6.54 Å². The van der Waals surface area contributed by atoms with E-state index in [1.807, 2.05) is 32.0 Å². The highest BCUT2D eigenvalue weighted by Crippen LogP contribution is 2.32.